The van der Waals surface area contributed by atoms with E-state index in [4.69, 9.17) is 9.84 Å². The predicted octanol–water partition coefficient (Wildman–Crippen LogP) is 3.57. The number of aliphatic imine (C=N–C) groups is 1. The number of aromatic hydroxyl groups is 1. The van der Waals surface area contributed by atoms with Crippen molar-refractivity contribution in [3.63, 3.8) is 0 Å². The molecule has 1 unspecified atom stereocenters. The number of amides is 1. The van der Waals surface area contributed by atoms with Crippen LogP contribution in [0, 0.1) is 0 Å². The summed E-state index contributed by atoms with van der Waals surface area (Å²) in [5.41, 5.74) is 0.630. The van der Waals surface area contributed by atoms with Gasteiger partial charge in [0.1, 0.15) is 11.5 Å². The third-order valence-corrected chi connectivity index (χ3v) is 5.59. The summed E-state index contributed by atoms with van der Waals surface area (Å²) in [4.78, 5) is 41.1. The van der Waals surface area contributed by atoms with Gasteiger partial charge in [-0.1, -0.05) is 19.1 Å². The van der Waals surface area contributed by atoms with E-state index in [2.05, 4.69) is 4.99 Å². The Hall–Kier alpha value is -3.79. The standard InChI is InChI=1S/C22H20N2O7S/c1-3-17(21(29)30)31-14-7-4-12(5-8-14)10-18-19(26)24(2)22(32-18)23-16-9-6-13(25)11-15(16)20(27)28/h4-11,17,25H,3H2,1-2H3,(H,27,28)(H,29,30)/b18-10-,23-22?. The van der Waals surface area contributed by atoms with Crippen molar-refractivity contribution in [2.45, 2.75) is 19.4 Å². The zero-order valence-corrected chi connectivity index (χ0v) is 18.0. The average molecular weight is 456 g/mol. The average Bonchev–Trinajstić information content (AvgIpc) is 3.01. The van der Waals surface area contributed by atoms with Crippen LogP contribution in [0.2, 0.25) is 0 Å². The molecule has 0 bridgehead atoms. The first-order chi connectivity index (χ1) is 15.2. The van der Waals surface area contributed by atoms with Crippen molar-refractivity contribution in [2.75, 3.05) is 7.05 Å². The van der Waals surface area contributed by atoms with Gasteiger partial charge < -0.3 is 20.1 Å². The Bertz CT molecular complexity index is 1130. The highest BCUT2D eigenvalue weighted by atomic mass is 32.2. The Labute approximate surface area is 187 Å². The highest BCUT2D eigenvalue weighted by Gasteiger charge is 2.30. The molecule has 166 valence electrons. The van der Waals surface area contributed by atoms with Crippen LogP contribution in [0.25, 0.3) is 6.08 Å². The summed E-state index contributed by atoms with van der Waals surface area (Å²) in [6.07, 6.45) is 1.04. The van der Waals surface area contributed by atoms with E-state index in [0.717, 1.165) is 17.8 Å². The van der Waals surface area contributed by atoms with E-state index in [1.807, 2.05) is 0 Å². The zero-order valence-electron chi connectivity index (χ0n) is 17.2. The maximum atomic E-state index is 12.6. The summed E-state index contributed by atoms with van der Waals surface area (Å²) in [5, 5.41) is 28.2. The molecule has 32 heavy (non-hydrogen) atoms. The van der Waals surface area contributed by atoms with Crippen LogP contribution in [-0.4, -0.2) is 56.4 Å². The summed E-state index contributed by atoms with van der Waals surface area (Å²) < 4.78 is 5.43. The third kappa shape index (κ3) is 5.09. The molecule has 0 saturated carbocycles. The molecule has 0 aliphatic carbocycles. The van der Waals surface area contributed by atoms with Crippen molar-refractivity contribution in [1.82, 2.24) is 4.90 Å². The number of carboxylic acids is 2. The SMILES string of the molecule is CCC(Oc1ccc(/C=C2\SC(=Nc3ccc(O)cc3C(=O)O)N(C)C2=O)cc1)C(=O)O. The number of carboxylic acid groups (broad SMARTS) is 2. The molecule has 3 N–H and O–H groups in total. The van der Waals surface area contributed by atoms with Crippen LogP contribution in [0.15, 0.2) is 52.4 Å². The number of carbonyl (C=O) groups is 3. The number of phenolic OH excluding ortho intramolecular Hbond substituents is 1. The number of hydrogen-bond donors (Lipinski definition) is 3. The fourth-order valence-electron chi connectivity index (χ4n) is 2.81. The van der Waals surface area contributed by atoms with E-state index < -0.39 is 18.0 Å². The van der Waals surface area contributed by atoms with Crippen molar-refractivity contribution < 1.29 is 34.4 Å². The van der Waals surface area contributed by atoms with Gasteiger partial charge in [0.05, 0.1) is 16.2 Å². The lowest BCUT2D eigenvalue weighted by molar-refractivity contribution is -0.145. The molecule has 1 saturated heterocycles. The minimum atomic E-state index is -1.25. The summed E-state index contributed by atoms with van der Waals surface area (Å²) in [6, 6.07) is 10.4. The molecule has 3 rings (SSSR count). The number of nitrogens with zero attached hydrogens (tertiary/aromatic N) is 2. The highest BCUT2D eigenvalue weighted by Crippen LogP contribution is 2.34. The Morgan fingerprint density at radius 2 is 1.88 bits per heavy atom. The summed E-state index contributed by atoms with van der Waals surface area (Å²) in [7, 11) is 1.53. The molecule has 0 radical (unpaired) electrons. The van der Waals surface area contributed by atoms with Gasteiger partial charge in [-0.15, -0.1) is 0 Å². The second kappa shape index (κ2) is 9.56. The molecule has 0 spiro atoms. The van der Waals surface area contributed by atoms with E-state index in [1.165, 1.54) is 24.1 Å². The topological polar surface area (TPSA) is 137 Å². The first-order valence-electron chi connectivity index (χ1n) is 9.51. The van der Waals surface area contributed by atoms with Crippen molar-refractivity contribution in [3.8, 4) is 11.5 Å². The van der Waals surface area contributed by atoms with E-state index in [-0.39, 0.29) is 22.9 Å². The van der Waals surface area contributed by atoms with Gasteiger partial charge in [-0.05, 0) is 60.2 Å². The van der Waals surface area contributed by atoms with Gasteiger partial charge in [0.25, 0.3) is 5.91 Å². The molecule has 1 heterocycles. The Kier molecular flexibility index (Phi) is 6.84. The number of phenols is 1. The maximum Gasteiger partial charge on any atom is 0.344 e. The molecular formula is C22H20N2O7S. The zero-order chi connectivity index (χ0) is 23.4. The van der Waals surface area contributed by atoms with E-state index >= 15 is 0 Å². The van der Waals surface area contributed by atoms with Crippen LogP contribution in [0.4, 0.5) is 5.69 Å². The lowest BCUT2D eigenvalue weighted by Gasteiger charge is -2.13. The van der Waals surface area contributed by atoms with Gasteiger partial charge in [0, 0.05) is 7.05 Å². The molecule has 1 atom stereocenters. The first kappa shape index (κ1) is 22.9. The summed E-state index contributed by atoms with van der Waals surface area (Å²) in [5.74, 6) is -2.39. The molecular weight excluding hydrogens is 436 g/mol. The quantitative estimate of drug-likeness (QED) is 0.538. The van der Waals surface area contributed by atoms with Crippen molar-refractivity contribution in [2.24, 2.45) is 4.99 Å². The smallest absolute Gasteiger partial charge is 0.344 e. The largest absolute Gasteiger partial charge is 0.508 e. The Morgan fingerprint density at radius 1 is 1.19 bits per heavy atom. The molecule has 1 fully saturated rings. The van der Waals surface area contributed by atoms with Crippen LogP contribution < -0.4 is 4.74 Å². The van der Waals surface area contributed by atoms with Gasteiger partial charge in [0.2, 0.25) is 0 Å². The highest BCUT2D eigenvalue weighted by molar-refractivity contribution is 8.18. The van der Waals surface area contributed by atoms with Crippen molar-refractivity contribution in [1.29, 1.82) is 0 Å². The second-order valence-corrected chi connectivity index (χ2v) is 7.81. The van der Waals surface area contributed by atoms with Gasteiger partial charge in [-0.25, -0.2) is 14.6 Å². The van der Waals surface area contributed by atoms with Crippen LogP contribution in [0.3, 0.4) is 0 Å². The molecule has 10 heteroatoms. The number of aliphatic carboxylic acids is 1. The number of thioether (sulfide) groups is 1. The van der Waals surface area contributed by atoms with E-state index in [9.17, 15) is 24.6 Å². The minimum absolute atomic E-state index is 0.115. The van der Waals surface area contributed by atoms with Crippen LogP contribution >= 0.6 is 11.8 Å². The normalized spacial score (nSPS) is 17.1. The van der Waals surface area contributed by atoms with Gasteiger partial charge in [0.15, 0.2) is 11.3 Å². The molecule has 1 aliphatic heterocycles. The number of likely N-dealkylation sites (N-methyl/N-ethyl adjacent to an activating group) is 1. The number of carbonyl (C=O) groups excluding carboxylic acids is 1. The van der Waals surface area contributed by atoms with E-state index in [0.29, 0.717) is 27.8 Å². The van der Waals surface area contributed by atoms with Crippen molar-refractivity contribution in [3.05, 3.63) is 58.5 Å². The number of ether oxygens (including phenoxy) is 1. The monoisotopic (exact) mass is 456 g/mol. The van der Waals surface area contributed by atoms with Crippen molar-refractivity contribution >= 4 is 46.5 Å². The number of benzene rings is 2. The molecule has 2 aromatic carbocycles. The molecule has 0 aromatic heterocycles. The molecule has 9 nitrogen and oxygen atoms in total. The Balaban J connectivity index is 1.82. The van der Waals surface area contributed by atoms with Gasteiger partial charge in [-0.3, -0.25) is 9.69 Å². The summed E-state index contributed by atoms with van der Waals surface area (Å²) in [6.45, 7) is 1.72. The van der Waals surface area contributed by atoms with Crippen LogP contribution in [-0.2, 0) is 9.59 Å². The fourth-order valence-corrected chi connectivity index (χ4v) is 3.79. The number of amidine groups is 1. The molecule has 2 aromatic rings. The number of hydrogen-bond acceptors (Lipinski definition) is 7. The second-order valence-electron chi connectivity index (χ2n) is 6.80. The third-order valence-electron chi connectivity index (χ3n) is 4.53. The predicted molar refractivity (Wildman–Crippen MR) is 119 cm³/mol. The minimum Gasteiger partial charge on any atom is -0.508 e. The fraction of sp³-hybridized carbons (Fsp3) is 0.182. The van der Waals surface area contributed by atoms with Gasteiger partial charge >= 0.3 is 11.9 Å². The molecule has 1 aliphatic rings. The van der Waals surface area contributed by atoms with Crippen LogP contribution in [0.5, 0.6) is 11.5 Å². The Morgan fingerprint density at radius 3 is 2.47 bits per heavy atom. The number of rotatable bonds is 7. The maximum absolute atomic E-state index is 12.6. The first-order valence-corrected chi connectivity index (χ1v) is 10.3. The number of aromatic carboxylic acids is 1. The van der Waals surface area contributed by atoms with E-state index in [1.54, 1.807) is 37.3 Å². The lowest BCUT2D eigenvalue weighted by atomic mass is 10.2. The summed E-state index contributed by atoms with van der Waals surface area (Å²) >= 11 is 1.09. The van der Waals surface area contributed by atoms with Crippen LogP contribution in [0.1, 0.15) is 29.3 Å². The lowest BCUT2D eigenvalue weighted by Crippen LogP contribution is -2.25. The van der Waals surface area contributed by atoms with Gasteiger partial charge in [-0.2, -0.15) is 0 Å². The molecule has 1 amide bonds.